The zero-order chi connectivity index (χ0) is 21.3. The minimum Gasteiger partial charge on any atom is -0.451 e. The van der Waals surface area contributed by atoms with Crippen LogP contribution in [-0.2, 0) is 4.79 Å². The average Bonchev–Trinajstić information content (AvgIpc) is 3.22. The Bertz CT molecular complexity index is 922. The minimum absolute atomic E-state index is 0.00550. The summed E-state index contributed by atoms with van der Waals surface area (Å²) < 4.78 is 6.03. The number of furan rings is 1. The van der Waals surface area contributed by atoms with E-state index in [2.05, 4.69) is 5.32 Å². The average molecular weight is 409 g/mol. The van der Waals surface area contributed by atoms with Crippen LogP contribution in [0.25, 0.3) is 11.3 Å². The molecule has 0 radical (unpaired) electrons. The number of benzene rings is 1. The largest absolute Gasteiger partial charge is 0.451 e. The zero-order valence-corrected chi connectivity index (χ0v) is 18.2. The molecule has 0 unspecified atom stereocenters. The van der Waals surface area contributed by atoms with Crippen molar-refractivity contribution in [3.05, 3.63) is 42.2 Å². The monoisotopic (exact) mass is 408 g/mol. The fourth-order valence-corrected chi connectivity index (χ4v) is 4.73. The van der Waals surface area contributed by atoms with E-state index in [1.165, 1.54) is 25.7 Å². The highest BCUT2D eigenvalue weighted by Crippen LogP contribution is 2.37. The number of likely N-dealkylation sites (tertiary alicyclic amines) is 1. The molecule has 1 aromatic heterocycles. The Balaban J connectivity index is 1.56. The van der Waals surface area contributed by atoms with E-state index < -0.39 is 5.41 Å². The number of piperidine rings is 1. The molecule has 0 spiro atoms. The molecule has 30 heavy (non-hydrogen) atoms. The fourth-order valence-electron chi connectivity index (χ4n) is 4.73. The topological polar surface area (TPSA) is 62.6 Å². The summed E-state index contributed by atoms with van der Waals surface area (Å²) in [6.07, 6.45) is 7.13. The predicted molar refractivity (Wildman–Crippen MR) is 118 cm³/mol. The number of para-hydroxylation sites is 1. The number of fused-ring (bicyclic) bond motifs is 1. The van der Waals surface area contributed by atoms with Crippen LogP contribution in [0.15, 0.2) is 40.8 Å². The molecule has 1 aromatic carbocycles. The first-order valence-corrected chi connectivity index (χ1v) is 11.2. The van der Waals surface area contributed by atoms with Gasteiger partial charge in [-0.2, -0.15) is 0 Å². The number of anilines is 1. The Morgan fingerprint density at radius 1 is 1.00 bits per heavy atom. The predicted octanol–water partition coefficient (Wildman–Crippen LogP) is 5.73. The molecular formula is C25H32N2O3. The van der Waals surface area contributed by atoms with Crippen molar-refractivity contribution in [3.8, 4) is 11.3 Å². The highest BCUT2D eigenvalue weighted by molar-refractivity contribution is 5.98. The number of amides is 2. The van der Waals surface area contributed by atoms with Gasteiger partial charge in [0.05, 0.1) is 5.69 Å². The lowest BCUT2D eigenvalue weighted by molar-refractivity contribution is -0.123. The molecule has 160 valence electrons. The highest BCUT2D eigenvalue weighted by atomic mass is 16.4. The van der Waals surface area contributed by atoms with Gasteiger partial charge in [0, 0.05) is 23.6 Å². The minimum atomic E-state index is -0.498. The van der Waals surface area contributed by atoms with Crippen molar-refractivity contribution in [2.24, 2.45) is 11.3 Å². The summed E-state index contributed by atoms with van der Waals surface area (Å²) in [4.78, 5) is 27.8. The van der Waals surface area contributed by atoms with Gasteiger partial charge in [-0.15, -0.1) is 0 Å². The molecule has 2 fully saturated rings. The van der Waals surface area contributed by atoms with Gasteiger partial charge in [-0.25, -0.2) is 0 Å². The van der Waals surface area contributed by atoms with Gasteiger partial charge in [-0.3, -0.25) is 9.59 Å². The number of rotatable bonds is 3. The first-order chi connectivity index (χ1) is 14.3. The Hall–Kier alpha value is -2.56. The van der Waals surface area contributed by atoms with Gasteiger partial charge >= 0.3 is 0 Å². The Morgan fingerprint density at radius 3 is 2.53 bits per heavy atom. The van der Waals surface area contributed by atoms with E-state index in [1.807, 2.05) is 56.0 Å². The summed E-state index contributed by atoms with van der Waals surface area (Å²) >= 11 is 0. The third-order valence-electron chi connectivity index (χ3n) is 6.44. The van der Waals surface area contributed by atoms with Gasteiger partial charge in [0.25, 0.3) is 5.91 Å². The zero-order valence-electron chi connectivity index (χ0n) is 18.2. The van der Waals surface area contributed by atoms with Gasteiger partial charge < -0.3 is 14.6 Å². The maximum absolute atomic E-state index is 13.3. The number of hydrogen-bond donors (Lipinski definition) is 1. The molecule has 1 saturated heterocycles. The van der Waals surface area contributed by atoms with Crippen molar-refractivity contribution < 1.29 is 14.0 Å². The van der Waals surface area contributed by atoms with Crippen LogP contribution in [0.1, 0.15) is 69.9 Å². The van der Waals surface area contributed by atoms with Gasteiger partial charge in [0.1, 0.15) is 5.76 Å². The second-order valence-electron chi connectivity index (χ2n) is 9.67. The first-order valence-electron chi connectivity index (χ1n) is 11.2. The third-order valence-corrected chi connectivity index (χ3v) is 6.44. The summed E-state index contributed by atoms with van der Waals surface area (Å²) in [7, 11) is 0. The standard InChI is InChI=1S/C25H32N2O3/c1-25(2,3)24(29)26-19-12-6-5-11-18(19)21-14-15-22(30-21)23(28)27-16-8-10-17-9-4-7-13-20(17)27/h5-6,11-12,14-15,17,20H,4,7-10,13,16H2,1-3H3,(H,26,29)/t17-,20-/m0/s1. The lowest BCUT2D eigenvalue weighted by Crippen LogP contribution is -2.49. The molecule has 1 aliphatic heterocycles. The van der Waals surface area contributed by atoms with Crippen molar-refractivity contribution >= 4 is 17.5 Å². The Morgan fingerprint density at radius 2 is 1.73 bits per heavy atom. The highest BCUT2D eigenvalue weighted by Gasteiger charge is 2.37. The number of carbonyl (C=O) groups is 2. The molecule has 1 N–H and O–H groups in total. The Labute approximate surface area is 178 Å². The molecule has 2 atom stereocenters. The molecule has 5 heteroatoms. The summed E-state index contributed by atoms with van der Waals surface area (Å²) in [6.45, 7) is 6.46. The van der Waals surface area contributed by atoms with E-state index in [1.54, 1.807) is 6.07 Å². The number of nitrogens with zero attached hydrogens (tertiary/aromatic N) is 1. The second kappa shape index (κ2) is 8.29. The second-order valence-corrected chi connectivity index (χ2v) is 9.67. The van der Waals surface area contributed by atoms with Crippen LogP contribution in [0, 0.1) is 11.3 Å². The first kappa shape index (κ1) is 20.7. The molecule has 1 aliphatic carbocycles. The molecule has 5 nitrogen and oxygen atoms in total. The summed E-state index contributed by atoms with van der Waals surface area (Å²) in [5, 5.41) is 2.99. The normalized spacial score (nSPS) is 21.8. The summed E-state index contributed by atoms with van der Waals surface area (Å²) in [5.41, 5.74) is 0.974. The molecular weight excluding hydrogens is 376 g/mol. The van der Waals surface area contributed by atoms with Crippen LogP contribution in [-0.4, -0.2) is 29.3 Å². The molecule has 2 heterocycles. The van der Waals surface area contributed by atoms with Gasteiger partial charge in [0.2, 0.25) is 5.91 Å². The van der Waals surface area contributed by atoms with Crippen LogP contribution in [0.5, 0.6) is 0 Å². The maximum Gasteiger partial charge on any atom is 0.289 e. The van der Waals surface area contributed by atoms with Crippen LogP contribution >= 0.6 is 0 Å². The van der Waals surface area contributed by atoms with Crippen molar-refractivity contribution in [1.29, 1.82) is 0 Å². The van der Waals surface area contributed by atoms with Gasteiger partial charge in [-0.05, 0) is 55.9 Å². The smallest absolute Gasteiger partial charge is 0.289 e. The van der Waals surface area contributed by atoms with E-state index in [9.17, 15) is 9.59 Å². The van der Waals surface area contributed by atoms with Gasteiger partial charge in [-0.1, -0.05) is 45.7 Å². The number of hydrogen-bond acceptors (Lipinski definition) is 3. The Kier molecular flexibility index (Phi) is 5.72. The molecule has 1 saturated carbocycles. The molecule has 2 aromatic rings. The van der Waals surface area contributed by atoms with Crippen LogP contribution in [0.4, 0.5) is 5.69 Å². The molecule has 2 amide bonds. The SMILES string of the molecule is CC(C)(C)C(=O)Nc1ccccc1-c1ccc(C(=O)N2CCC[C@@H]3CCCC[C@@H]32)o1. The van der Waals surface area contributed by atoms with E-state index in [-0.39, 0.29) is 11.8 Å². The van der Waals surface area contributed by atoms with E-state index in [4.69, 9.17) is 4.42 Å². The van der Waals surface area contributed by atoms with Crippen molar-refractivity contribution in [2.45, 2.75) is 65.3 Å². The summed E-state index contributed by atoms with van der Waals surface area (Å²) in [6, 6.07) is 11.5. The third kappa shape index (κ3) is 4.16. The van der Waals surface area contributed by atoms with E-state index in [0.29, 0.717) is 29.2 Å². The molecule has 0 bridgehead atoms. The van der Waals surface area contributed by atoms with Gasteiger partial charge in [0.15, 0.2) is 5.76 Å². The number of carbonyl (C=O) groups excluding carboxylic acids is 2. The van der Waals surface area contributed by atoms with Crippen LogP contribution < -0.4 is 5.32 Å². The lowest BCUT2D eigenvalue weighted by atomic mass is 9.78. The molecule has 2 aliphatic rings. The fraction of sp³-hybridized carbons (Fsp3) is 0.520. The van der Waals surface area contributed by atoms with Crippen molar-refractivity contribution in [3.63, 3.8) is 0 Å². The quantitative estimate of drug-likeness (QED) is 0.706. The molecule has 4 rings (SSSR count). The van der Waals surface area contributed by atoms with E-state index >= 15 is 0 Å². The maximum atomic E-state index is 13.3. The van der Waals surface area contributed by atoms with Crippen LogP contribution in [0.2, 0.25) is 0 Å². The van der Waals surface area contributed by atoms with E-state index in [0.717, 1.165) is 24.9 Å². The van der Waals surface area contributed by atoms with Crippen LogP contribution in [0.3, 0.4) is 0 Å². The number of nitrogens with one attached hydrogen (secondary N) is 1. The summed E-state index contributed by atoms with van der Waals surface area (Å²) in [5.74, 6) is 1.55. The van der Waals surface area contributed by atoms with Crippen molar-refractivity contribution in [2.75, 3.05) is 11.9 Å². The van der Waals surface area contributed by atoms with Crippen molar-refractivity contribution in [1.82, 2.24) is 4.90 Å². The lowest BCUT2D eigenvalue weighted by Gasteiger charge is -2.43.